The van der Waals surface area contributed by atoms with E-state index < -0.39 is 5.82 Å². The van der Waals surface area contributed by atoms with Crippen LogP contribution in [-0.4, -0.2) is 44.3 Å². The Morgan fingerprint density at radius 1 is 1.16 bits per heavy atom. The van der Waals surface area contributed by atoms with Crippen LogP contribution in [0.5, 0.6) is 0 Å². The second kappa shape index (κ2) is 10.1. The highest BCUT2D eigenvalue weighted by atomic mass is 19.1. The van der Waals surface area contributed by atoms with Crippen molar-refractivity contribution in [3.05, 3.63) is 58.9 Å². The quantitative estimate of drug-likeness (QED) is 0.719. The second-order valence-corrected chi connectivity index (χ2v) is 9.81. The first-order valence-electron chi connectivity index (χ1n) is 11.8. The van der Waals surface area contributed by atoms with Gasteiger partial charge in [-0.3, -0.25) is 4.90 Å². The molecule has 170 valence electrons. The van der Waals surface area contributed by atoms with Crippen molar-refractivity contribution in [1.82, 2.24) is 10.2 Å². The molecule has 4 nitrogen and oxygen atoms in total. The lowest BCUT2D eigenvalue weighted by Crippen LogP contribution is -2.36. The molecule has 0 bridgehead atoms. The third kappa shape index (κ3) is 5.20. The Bertz CT molecular complexity index is 981. The predicted molar refractivity (Wildman–Crippen MR) is 126 cm³/mol. The number of hydrogen-bond donors (Lipinski definition) is 1. The fourth-order valence-corrected chi connectivity index (χ4v) is 5.24. The van der Waals surface area contributed by atoms with E-state index in [1.54, 1.807) is 6.07 Å². The molecule has 0 amide bonds. The number of hydrogen-bond acceptors (Lipinski definition) is 4. The minimum Gasteiger partial charge on any atom is -0.381 e. The lowest BCUT2D eigenvalue weighted by Gasteiger charge is -2.28. The van der Waals surface area contributed by atoms with Crippen LogP contribution < -0.4 is 5.32 Å². The zero-order valence-electron chi connectivity index (χ0n) is 19.4. The predicted octanol–water partition coefficient (Wildman–Crippen LogP) is 4.62. The molecule has 2 aliphatic rings. The molecule has 2 fully saturated rings. The fraction of sp³-hybridized carbons (Fsp3) is 0.519. The second-order valence-electron chi connectivity index (χ2n) is 9.81. The average Bonchev–Trinajstić information content (AvgIpc) is 2.88. The van der Waals surface area contributed by atoms with Gasteiger partial charge in [-0.15, -0.1) is 0 Å². The smallest absolute Gasteiger partial charge is 0.141 e. The Balaban J connectivity index is 1.61. The summed E-state index contributed by atoms with van der Waals surface area (Å²) in [6, 6.07) is 14.1. The molecular formula is C27H34FN3O. The third-order valence-electron chi connectivity index (χ3n) is 7.03. The molecular weight excluding hydrogens is 401 g/mol. The van der Waals surface area contributed by atoms with Crippen LogP contribution in [-0.2, 0) is 17.7 Å². The summed E-state index contributed by atoms with van der Waals surface area (Å²) in [5.74, 6) is 1.30. The molecule has 5 heteroatoms. The standard InChI is InChI=1S/C27H34FN3O/c1-18-8-27(30-3)19(2)14-31(13-18)15-20-4-5-22(9-21-16-32-17-21)25(10-20)23-6-7-24(12-29)26(28)11-23/h4-7,10-11,18-19,21,27,30H,8-9,13-17H2,1-3H3/t18-,19-,27?/m1/s1. The van der Waals surface area contributed by atoms with Crippen LogP contribution in [0.25, 0.3) is 11.1 Å². The molecule has 2 aromatic carbocycles. The molecule has 1 N–H and O–H groups in total. The first kappa shape index (κ1) is 22.9. The highest BCUT2D eigenvalue weighted by Gasteiger charge is 2.27. The highest BCUT2D eigenvalue weighted by molar-refractivity contribution is 5.69. The van der Waals surface area contributed by atoms with Crippen LogP contribution in [0.4, 0.5) is 4.39 Å². The summed E-state index contributed by atoms with van der Waals surface area (Å²) >= 11 is 0. The normalized spacial score (nSPS) is 24.5. The Morgan fingerprint density at radius 3 is 2.62 bits per heavy atom. The van der Waals surface area contributed by atoms with Gasteiger partial charge in [0.25, 0.3) is 0 Å². The van der Waals surface area contributed by atoms with Gasteiger partial charge in [-0.25, -0.2) is 4.39 Å². The number of rotatable bonds is 6. The average molecular weight is 436 g/mol. The van der Waals surface area contributed by atoms with Crippen LogP contribution in [0.1, 0.15) is 37.0 Å². The SMILES string of the molecule is CNC1C[C@@H](C)CN(Cc2ccc(CC3COC3)c(-c3ccc(C#N)c(F)c3)c2)C[C@H]1C. The summed E-state index contributed by atoms with van der Waals surface area (Å²) < 4.78 is 19.8. The van der Waals surface area contributed by atoms with Gasteiger partial charge in [0.05, 0.1) is 18.8 Å². The molecule has 0 aromatic heterocycles. The summed E-state index contributed by atoms with van der Waals surface area (Å²) in [6.07, 6.45) is 2.13. The van der Waals surface area contributed by atoms with Gasteiger partial charge in [0, 0.05) is 31.6 Å². The zero-order valence-corrected chi connectivity index (χ0v) is 19.4. The first-order valence-corrected chi connectivity index (χ1v) is 11.8. The van der Waals surface area contributed by atoms with E-state index in [0.717, 1.165) is 50.4 Å². The maximum Gasteiger partial charge on any atom is 0.141 e. The van der Waals surface area contributed by atoms with Gasteiger partial charge in [0.2, 0.25) is 0 Å². The zero-order chi connectivity index (χ0) is 22.7. The Hall–Kier alpha value is -2.26. The minimum absolute atomic E-state index is 0.0884. The monoisotopic (exact) mass is 435 g/mol. The molecule has 1 unspecified atom stereocenters. The van der Waals surface area contributed by atoms with Gasteiger partial charge in [-0.2, -0.15) is 5.26 Å². The summed E-state index contributed by atoms with van der Waals surface area (Å²) in [5, 5.41) is 12.6. The molecule has 3 atom stereocenters. The lowest BCUT2D eigenvalue weighted by molar-refractivity contribution is -0.0311. The van der Waals surface area contributed by atoms with Crippen LogP contribution in [0.2, 0.25) is 0 Å². The molecule has 0 aliphatic carbocycles. The minimum atomic E-state index is -0.457. The van der Waals surface area contributed by atoms with Crippen LogP contribution >= 0.6 is 0 Å². The van der Waals surface area contributed by atoms with Crippen LogP contribution in [0.3, 0.4) is 0 Å². The van der Waals surface area contributed by atoms with E-state index in [1.165, 1.54) is 23.6 Å². The lowest BCUT2D eigenvalue weighted by atomic mass is 9.89. The van der Waals surface area contributed by atoms with E-state index in [-0.39, 0.29) is 5.56 Å². The molecule has 4 rings (SSSR count). The van der Waals surface area contributed by atoms with E-state index in [4.69, 9.17) is 10.00 Å². The number of ether oxygens (including phenoxy) is 1. The molecule has 2 saturated heterocycles. The maximum absolute atomic E-state index is 14.4. The number of nitriles is 1. The highest BCUT2D eigenvalue weighted by Crippen LogP contribution is 2.31. The molecule has 2 aromatic rings. The van der Waals surface area contributed by atoms with Crippen LogP contribution in [0, 0.1) is 34.9 Å². The number of likely N-dealkylation sites (tertiary alicyclic amines) is 1. The van der Waals surface area contributed by atoms with Gasteiger partial charge >= 0.3 is 0 Å². The van der Waals surface area contributed by atoms with Crippen molar-refractivity contribution in [1.29, 1.82) is 5.26 Å². The Kier molecular flexibility index (Phi) is 7.25. The van der Waals surface area contributed by atoms with E-state index in [9.17, 15) is 4.39 Å². The summed E-state index contributed by atoms with van der Waals surface area (Å²) in [4.78, 5) is 2.56. The van der Waals surface area contributed by atoms with Gasteiger partial charge in [-0.1, -0.05) is 32.0 Å². The topological polar surface area (TPSA) is 48.3 Å². The molecule has 2 heterocycles. The largest absolute Gasteiger partial charge is 0.381 e. The van der Waals surface area contributed by atoms with E-state index >= 15 is 0 Å². The summed E-state index contributed by atoms with van der Waals surface area (Å²) in [5.41, 5.74) is 4.47. The van der Waals surface area contributed by atoms with Gasteiger partial charge in [0.15, 0.2) is 0 Å². The van der Waals surface area contributed by atoms with Crippen molar-refractivity contribution in [2.75, 3.05) is 33.4 Å². The molecule has 2 aliphatic heterocycles. The summed E-state index contributed by atoms with van der Waals surface area (Å²) in [7, 11) is 2.07. The van der Waals surface area contributed by atoms with Crippen molar-refractivity contribution in [2.24, 2.45) is 17.8 Å². The molecule has 32 heavy (non-hydrogen) atoms. The Morgan fingerprint density at radius 2 is 1.97 bits per heavy atom. The first-order chi connectivity index (χ1) is 15.5. The Labute approximate surface area is 191 Å². The van der Waals surface area contributed by atoms with Crippen molar-refractivity contribution in [2.45, 2.75) is 39.3 Å². The number of nitrogens with zero attached hydrogens (tertiary/aromatic N) is 2. The van der Waals surface area contributed by atoms with E-state index in [0.29, 0.717) is 23.8 Å². The van der Waals surface area contributed by atoms with Gasteiger partial charge in [-0.05, 0) is 72.2 Å². The summed E-state index contributed by atoms with van der Waals surface area (Å²) in [6.45, 7) is 9.30. The number of nitrogens with one attached hydrogen (secondary N) is 1. The number of benzene rings is 2. The van der Waals surface area contributed by atoms with E-state index in [1.807, 2.05) is 12.1 Å². The maximum atomic E-state index is 14.4. The van der Waals surface area contributed by atoms with Crippen molar-refractivity contribution < 1.29 is 9.13 Å². The van der Waals surface area contributed by atoms with Crippen LogP contribution in [0.15, 0.2) is 36.4 Å². The fourth-order valence-electron chi connectivity index (χ4n) is 5.24. The van der Waals surface area contributed by atoms with Crippen molar-refractivity contribution in [3.63, 3.8) is 0 Å². The van der Waals surface area contributed by atoms with Crippen molar-refractivity contribution in [3.8, 4) is 17.2 Å². The molecule has 0 saturated carbocycles. The third-order valence-corrected chi connectivity index (χ3v) is 7.03. The molecule has 0 radical (unpaired) electrons. The molecule has 0 spiro atoms. The van der Waals surface area contributed by atoms with Crippen molar-refractivity contribution >= 4 is 0 Å². The van der Waals surface area contributed by atoms with E-state index in [2.05, 4.69) is 49.3 Å². The number of halogens is 1. The van der Waals surface area contributed by atoms with Gasteiger partial charge in [0.1, 0.15) is 11.9 Å². The van der Waals surface area contributed by atoms with Gasteiger partial charge < -0.3 is 10.1 Å².